The van der Waals surface area contributed by atoms with Gasteiger partial charge in [0.25, 0.3) is 0 Å². The molecule has 4 heteroatoms. The summed E-state index contributed by atoms with van der Waals surface area (Å²) in [6.07, 6.45) is 1.30. The van der Waals surface area contributed by atoms with E-state index >= 15 is 0 Å². The average molecular weight is 300 g/mol. The van der Waals surface area contributed by atoms with Crippen LogP contribution >= 0.6 is 0 Å². The summed E-state index contributed by atoms with van der Waals surface area (Å²) in [6.45, 7) is 16.1. The third kappa shape index (κ3) is 9.53. The van der Waals surface area contributed by atoms with Crippen molar-refractivity contribution in [2.75, 3.05) is 39.3 Å². The fourth-order valence-electron chi connectivity index (χ4n) is 2.11. The Kier molecular flexibility index (Phi) is 12.1. The first-order valence-corrected chi connectivity index (χ1v) is 8.01. The second kappa shape index (κ2) is 12.7. The molecule has 1 aliphatic heterocycles. The highest BCUT2D eigenvalue weighted by molar-refractivity contribution is 5.04. The van der Waals surface area contributed by atoms with E-state index in [-0.39, 0.29) is 0 Å². The highest BCUT2D eigenvalue weighted by Gasteiger charge is 2.13. The molecule has 2 nitrogen and oxygen atoms in total. The van der Waals surface area contributed by atoms with E-state index in [0.29, 0.717) is 0 Å². The first kappa shape index (κ1) is 20.0. The van der Waals surface area contributed by atoms with Crippen LogP contribution in [0.1, 0.15) is 34.1 Å². The van der Waals surface area contributed by atoms with Gasteiger partial charge in [-0.25, -0.2) is 8.78 Å². The van der Waals surface area contributed by atoms with Crippen LogP contribution in [0.5, 0.6) is 0 Å². The normalized spacial score (nSPS) is 15.5. The molecule has 0 amide bonds. The number of halogens is 2. The van der Waals surface area contributed by atoms with Crippen molar-refractivity contribution >= 4 is 0 Å². The van der Waals surface area contributed by atoms with Gasteiger partial charge >= 0.3 is 0 Å². The maximum Gasteiger partial charge on any atom is 0.126 e. The van der Waals surface area contributed by atoms with E-state index in [4.69, 9.17) is 0 Å². The van der Waals surface area contributed by atoms with E-state index in [1.807, 2.05) is 13.8 Å². The van der Waals surface area contributed by atoms with Crippen molar-refractivity contribution in [2.24, 2.45) is 0 Å². The lowest BCUT2D eigenvalue weighted by molar-refractivity contribution is 0.137. The molecule has 1 aromatic rings. The summed E-state index contributed by atoms with van der Waals surface area (Å²) in [4.78, 5) is 5.08. The Bertz CT molecular complexity index is 333. The molecule has 0 atom stereocenters. The van der Waals surface area contributed by atoms with Crippen LogP contribution in [0.25, 0.3) is 0 Å². The molecular weight excluding hydrogens is 270 g/mol. The van der Waals surface area contributed by atoms with Gasteiger partial charge in [0.1, 0.15) is 11.6 Å². The lowest BCUT2D eigenvalue weighted by Crippen LogP contribution is -2.46. The van der Waals surface area contributed by atoms with E-state index in [1.165, 1.54) is 63.9 Å². The third-order valence-corrected chi connectivity index (χ3v) is 3.24. The number of benzene rings is 1. The number of likely N-dealkylation sites (N-methyl/N-ethyl adjacent to an activating group) is 1. The van der Waals surface area contributed by atoms with Crippen molar-refractivity contribution in [2.45, 2.75) is 34.1 Å². The van der Waals surface area contributed by atoms with Crippen LogP contribution in [0.4, 0.5) is 8.78 Å². The Labute approximate surface area is 128 Å². The van der Waals surface area contributed by atoms with Gasteiger partial charge in [-0.2, -0.15) is 0 Å². The van der Waals surface area contributed by atoms with E-state index in [2.05, 4.69) is 23.6 Å². The van der Waals surface area contributed by atoms with Crippen molar-refractivity contribution in [1.82, 2.24) is 9.80 Å². The second-order valence-corrected chi connectivity index (χ2v) is 4.72. The molecule has 0 spiro atoms. The van der Waals surface area contributed by atoms with Crippen LogP contribution in [-0.2, 0) is 0 Å². The molecule has 0 N–H and O–H groups in total. The molecule has 1 saturated heterocycles. The molecule has 0 saturated carbocycles. The summed E-state index contributed by atoms with van der Waals surface area (Å²) < 4.78 is 23.9. The zero-order chi connectivity index (χ0) is 16.1. The molecule has 122 valence electrons. The molecule has 0 bridgehead atoms. The van der Waals surface area contributed by atoms with Crippen molar-refractivity contribution in [3.05, 3.63) is 35.9 Å². The van der Waals surface area contributed by atoms with Gasteiger partial charge in [0, 0.05) is 32.2 Å². The summed E-state index contributed by atoms with van der Waals surface area (Å²) in [6, 6.07) is 4.55. The van der Waals surface area contributed by atoms with E-state index in [1.54, 1.807) is 0 Å². The summed E-state index contributed by atoms with van der Waals surface area (Å²) in [5.74, 6) is -1.07. The number of piperazine rings is 1. The molecular formula is C17H30F2N2. The van der Waals surface area contributed by atoms with Crippen LogP contribution in [0.3, 0.4) is 0 Å². The molecule has 0 aliphatic carbocycles. The van der Waals surface area contributed by atoms with Gasteiger partial charge in [-0.15, -0.1) is 0 Å². The second-order valence-electron chi connectivity index (χ2n) is 4.72. The van der Waals surface area contributed by atoms with Gasteiger partial charge in [-0.1, -0.05) is 33.8 Å². The largest absolute Gasteiger partial charge is 0.301 e. The Balaban J connectivity index is 0.000000354. The maximum absolute atomic E-state index is 11.9. The summed E-state index contributed by atoms with van der Waals surface area (Å²) >= 11 is 0. The SMILES string of the molecule is CC.CCCN1CCN(CC)CC1.Fc1cccc(F)c1. The molecule has 0 radical (unpaired) electrons. The number of hydrogen-bond acceptors (Lipinski definition) is 2. The fourth-order valence-corrected chi connectivity index (χ4v) is 2.11. The van der Waals surface area contributed by atoms with Crippen LogP contribution in [0, 0.1) is 11.6 Å². The van der Waals surface area contributed by atoms with Crippen molar-refractivity contribution in [3.63, 3.8) is 0 Å². The molecule has 0 aromatic heterocycles. The van der Waals surface area contributed by atoms with Gasteiger partial charge in [0.2, 0.25) is 0 Å². The molecule has 2 rings (SSSR count). The molecule has 1 aliphatic rings. The third-order valence-electron chi connectivity index (χ3n) is 3.24. The van der Waals surface area contributed by atoms with Crippen LogP contribution < -0.4 is 0 Å². The van der Waals surface area contributed by atoms with Crippen LogP contribution in [-0.4, -0.2) is 49.1 Å². The molecule has 0 unspecified atom stereocenters. The predicted molar refractivity (Wildman–Crippen MR) is 86.6 cm³/mol. The van der Waals surface area contributed by atoms with Crippen molar-refractivity contribution < 1.29 is 8.78 Å². The zero-order valence-electron chi connectivity index (χ0n) is 13.9. The summed E-state index contributed by atoms with van der Waals surface area (Å²) in [5, 5.41) is 0. The first-order chi connectivity index (χ1) is 10.2. The molecule has 21 heavy (non-hydrogen) atoms. The fraction of sp³-hybridized carbons (Fsp3) is 0.647. The minimum absolute atomic E-state index is 0.537. The summed E-state index contributed by atoms with van der Waals surface area (Å²) in [7, 11) is 0. The highest BCUT2D eigenvalue weighted by atomic mass is 19.1. The minimum Gasteiger partial charge on any atom is -0.301 e. The van der Waals surface area contributed by atoms with E-state index < -0.39 is 11.6 Å². The Hall–Kier alpha value is -1.00. The van der Waals surface area contributed by atoms with Gasteiger partial charge in [0.05, 0.1) is 0 Å². The minimum atomic E-state index is -0.537. The number of hydrogen-bond donors (Lipinski definition) is 0. The zero-order valence-corrected chi connectivity index (χ0v) is 13.9. The quantitative estimate of drug-likeness (QED) is 0.831. The van der Waals surface area contributed by atoms with Gasteiger partial charge in [0.15, 0.2) is 0 Å². The first-order valence-electron chi connectivity index (χ1n) is 8.01. The molecule has 1 aromatic carbocycles. The van der Waals surface area contributed by atoms with Crippen LogP contribution in [0.2, 0.25) is 0 Å². The van der Waals surface area contributed by atoms with E-state index in [0.717, 1.165) is 6.07 Å². The molecule has 1 heterocycles. The van der Waals surface area contributed by atoms with Crippen molar-refractivity contribution in [1.29, 1.82) is 0 Å². The maximum atomic E-state index is 11.9. The van der Waals surface area contributed by atoms with Gasteiger partial charge in [-0.3, -0.25) is 0 Å². The number of rotatable bonds is 3. The predicted octanol–water partition coefficient (Wildman–Crippen LogP) is 4.02. The number of nitrogens with zero attached hydrogens (tertiary/aromatic N) is 2. The van der Waals surface area contributed by atoms with Gasteiger partial charge < -0.3 is 9.80 Å². The smallest absolute Gasteiger partial charge is 0.126 e. The molecule has 1 fully saturated rings. The summed E-state index contributed by atoms with van der Waals surface area (Å²) in [5.41, 5.74) is 0. The van der Waals surface area contributed by atoms with Crippen molar-refractivity contribution in [3.8, 4) is 0 Å². The monoisotopic (exact) mass is 300 g/mol. The van der Waals surface area contributed by atoms with Crippen LogP contribution in [0.15, 0.2) is 24.3 Å². The standard InChI is InChI=1S/C9H20N2.C6H4F2.C2H6/c1-3-5-11-8-6-10(4-2)7-9-11;7-5-2-1-3-6(8)4-5;1-2/h3-9H2,1-2H3;1-4H;1-2H3. The highest BCUT2D eigenvalue weighted by Crippen LogP contribution is 2.01. The van der Waals surface area contributed by atoms with E-state index in [9.17, 15) is 8.78 Å². The Morgan fingerprint density at radius 3 is 1.71 bits per heavy atom. The van der Waals surface area contributed by atoms with Gasteiger partial charge in [-0.05, 0) is 31.6 Å². The Morgan fingerprint density at radius 2 is 1.38 bits per heavy atom. The Morgan fingerprint density at radius 1 is 0.905 bits per heavy atom. The lowest BCUT2D eigenvalue weighted by atomic mass is 10.3. The topological polar surface area (TPSA) is 6.48 Å². The average Bonchev–Trinajstić information content (AvgIpc) is 2.51. The lowest BCUT2D eigenvalue weighted by Gasteiger charge is -2.33.